The Labute approximate surface area is 112 Å². The summed E-state index contributed by atoms with van der Waals surface area (Å²) in [6, 6.07) is 5.56. The van der Waals surface area contributed by atoms with Crippen molar-refractivity contribution in [3.8, 4) is 17.1 Å². The van der Waals surface area contributed by atoms with Gasteiger partial charge < -0.3 is 4.74 Å². The zero-order valence-corrected chi connectivity index (χ0v) is 10.6. The van der Waals surface area contributed by atoms with Crippen molar-refractivity contribution >= 4 is 0 Å². The molecular weight excluding hydrogens is 275 g/mol. The van der Waals surface area contributed by atoms with E-state index in [0.717, 1.165) is 0 Å². The lowest BCUT2D eigenvalue weighted by Crippen LogP contribution is -2.19. The van der Waals surface area contributed by atoms with Crippen molar-refractivity contribution in [2.45, 2.75) is 26.3 Å². The summed E-state index contributed by atoms with van der Waals surface area (Å²) in [6.45, 7) is 2.20. The molecule has 0 fully saturated rings. The maximum atomic E-state index is 12.4. The number of alkyl halides is 3. The van der Waals surface area contributed by atoms with E-state index in [1.165, 1.54) is 22.8 Å². The molecule has 0 aliphatic rings. The fourth-order valence-electron chi connectivity index (χ4n) is 1.82. The predicted molar refractivity (Wildman–Crippen MR) is 65.3 cm³/mol. The van der Waals surface area contributed by atoms with Crippen LogP contribution in [0.25, 0.3) is 11.4 Å². The van der Waals surface area contributed by atoms with Gasteiger partial charge in [0.05, 0.1) is 5.56 Å². The average molecular weight is 287 g/mol. The van der Waals surface area contributed by atoms with Gasteiger partial charge in [-0.2, -0.15) is 5.10 Å². The molecule has 108 valence electrons. The number of aromatic amines is 1. The van der Waals surface area contributed by atoms with E-state index in [1.807, 2.05) is 6.92 Å². The number of rotatable bonds is 4. The van der Waals surface area contributed by atoms with Gasteiger partial charge in [-0.15, -0.1) is 13.2 Å². The molecule has 0 radical (unpaired) electrons. The number of nitrogens with one attached hydrogen (secondary N) is 1. The van der Waals surface area contributed by atoms with Crippen LogP contribution in [-0.4, -0.2) is 21.1 Å². The molecule has 0 atom stereocenters. The molecule has 0 saturated heterocycles. The van der Waals surface area contributed by atoms with E-state index < -0.39 is 17.8 Å². The summed E-state index contributed by atoms with van der Waals surface area (Å²) in [5, 5.41) is 6.00. The monoisotopic (exact) mass is 287 g/mol. The first-order valence-electron chi connectivity index (χ1n) is 5.92. The number of hydrogen-bond acceptors (Lipinski definition) is 3. The van der Waals surface area contributed by atoms with E-state index in [0.29, 0.717) is 13.0 Å². The van der Waals surface area contributed by atoms with Crippen LogP contribution >= 0.6 is 0 Å². The molecule has 2 aromatic rings. The van der Waals surface area contributed by atoms with Crippen LogP contribution in [0.15, 0.2) is 29.1 Å². The Morgan fingerprint density at radius 1 is 1.35 bits per heavy atom. The SMILES string of the molecule is CCCn1c(-c2ccccc2OC(F)(F)F)n[nH]c1=O. The van der Waals surface area contributed by atoms with Crippen LogP contribution in [-0.2, 0) is 6.54 Å². The number of nitrogens with zero attached hydrogens (tertiary/aromatic N) is 2. The van der Waals surface area contributed by atoms with E-state index in [9.17, 15) is 18.0 Å². The Balaban J connectivity index is 2.50. The minimum Gasteiger partial charge on any atom is -0.405 e. The van der Waals surface area contributed by atoms with Gasteiger partial charge in [0, 0.05) is 6.54 Å². The number of benzene rings is 1. The maximum absolute atomic E-state index is 12.4. The van der Waals surface area contributed by atoms with Gasteiger partial charge in [0.25, 0.3) is 0 Å². The minimum absolute atomic E-state index is 0.108. The largest absolute Gasteiger partial charge is 0.573 e. The van der Waals surface area contributed by atoms with Gasteiger partial charge >= 0.3 is 12.1 Å². The second kappa shape index (κ2) is 5.40. The summed E-state index contributed by atoms with van der Waals surface area (Å²) in [5.41, 5.74) is -0.361. The molecule has 1 N–H and O–H groups in total. The number of ether oxygens (including phenoxy) is 1. The number of H-pyrrole nitrogens is 1. The first-order valence-corrected chi connectivity index (χ1v) is 5.92. The summed E-state index contributed by atoms with van der Waals surface area (Å²) in [6.07, 6.45) is -4.16. The molecule has 0 bridgehead atoms. The summed E-state index contributed by atoms with van der Waals surface area (Å²) in [4.78, 5) is 11.6. The van der Waals surface area contributed by atoms with Crippen LogP contribution in [0.3, 0.4) is 0 Å². The van der Waals surface area contributed by atoms with E-state index in [2.05, 4.69) is 14.9 Å². The third-order valence-corrected chi connectivity index (χ3v) is 2.56. The van der Waals surface area contributed by atoms with Crippen molar-refractivity contribution in [2.75, 3.05) is 0 Å². The van der Waals surface area contributed by atoms with Crippen molar-refractivity contribution < 1.29 is 17.9 Å². The standard InChI is InChI=1S/C12H12F3N3O2/c1-2-7-18-10(16-17-11(18)19)8-5-3-4-6-9(8)20-12(13,14)15/h3-6H,2,7H2,1H3,(H,17,19). The zero-order chi connectivity index (χ0) is 14.8. The Bertz CT molecular complexity index is 646. The van der Waals surface area contributed by atoms with Gasteiger partial charge in [-0.05, 0) is 18.6 Å². The van der Waals surface area contributed by atoms with Gasteiger partial charge in [0.2, 0.25) is 0 Å². The van der Waals surface area contributed by atoms with Gasteiger partial charge in [-0.1, -0.05) is 19.1 Å². The summed E-state index contributed by atoms with van der Waals surface area (Å²) in [5.74, 6) is -0.270. The molecule has 0 spiro atoms. The van der Waals surface area contributed by atoms with Crippen LogP contribution < -0.4 is 10.4 Å². The van der Waals surface area contributed by atoms with Crippen LogP contribution in [0.5, 0.6) is 5.75 Å². The van der Waals surface area contributed by atoms with E-state index in [4.69, 9.17) is 0 Å². The number of para-hydroxylation sites is 1. The van der Waals surface area contributed by atoms with Gasteiger partial charge in [0.1, 0.15) is 5.75 Å². The normalized spacial score (nSPS) is 11.6. The minimum atomic E-state index is -4.80. The van der Waals surface area contributed by atoms with E-state index in [1.54, 1.807) is 6.07 Å². The van der Waals surface area contributed by atoms with Crippen molar-refractivity contribution in [3.63, 3.8) is 0 Å². The zero-order valence-electron chi connectivity index (χ0n) is 10.6. The number of hydrogen-bond donors (Lipinski definition) is 1. The fourth-order valence-corrected chi connectivity index (χ4v) is 1.82. The molecule has 0 aliphatic carbocycles. The third-order valence-electron chi connectivity index (χ3n) is 2.56. The van der Waals surface area contributed by atoms with E-state index in [-0.39, 0.29) is 11.4 Å². The lowest BCUT2D eigenvalue weighted by molar-refractivity contribution is -0.274. The van der Waals surface area contributed by atoms with Crippen molar-refractivity contribution in [1.82, 2.24) is 14.8 Å². The van der Waals surface area contributed by atoms with E-state index >= 15 is 0 Å². The highest BCUT2D eigenvalue weighted by Crippen LogP contribution is 2.32. The summed E-state index contributed by atoms with van der Waals surface area (Å²) < 4.78 is 42.4. The number of aromatic nitrogens is 3. The lowest BCUT2D eigenvalue weighted by atomic mass is 10.2. The highest BCUT2D eigenvalue weighted by Gasteiger charge is 2.32. The molecule has 1 aromatic heterocycles. The smallest absolute Gasteiger partial charge is 0.405 e. The molecule has 0 amide bonds. The summed E-state index contributed by atoms with van der Waals surface area (Å²) >= 11 is 0. The van der Waals surface area contributed by atoms with Crippen molar-refractivity contribution in [3.05, 3.63) is 34.7 Å². The average Bonchev–Trinajstić information content (AvgIpc) is 2.71. The van der Waals surface area contributed by atoms with Crippen LogP contribution in [0, 0.1) is 0 Å². The van der Waals surface area contributed by atoms with Gasteiger partial charge in [0.15, 0.2) is 5.82 Å². The Kier molecular flexibility index (Phi) is 3.82. The maximum Gasteiger partial charge on any atom is 0.573 e. The molecule has 8 heteroatoms. The Morgan fingerprint density at radius 2 is 2.05 bits per heavy atom. The molecular formula is C12H12F3N3O2. The second-order valence-electron chi connectivity index (χ2n) is 4.05. The summed E-state index contributed by atoms with van der Waals surface area (Å²) in [7, 11) is 0. The molecule has 0 aliphatic heterocycles. The topological polar surface area (TPSA) is 59.9 Å². The lowest BCUT2D eigenvalue weighted by Gasteiger charge is -2.13. The van der Waals surface area contributed by atoms with Gasteiger partial charge in [-0.25, -0.2) is 9.89 Å². The first-order chi connectivity index (χ1) is 9.42. The first kappa shape index (κ1) is 14.2. The van der Waals surface area contributed by atoms with Crippen molar-refractivity contribution in [2.24, 2.45) is 0 Å². The van der Waals surface area contributed by atoms with Crippen LogP contribution in [0.4, 0.5) is 13.2 Å². The second-order valence-corrected chi connectivity index (χ2v) is 4.05. The molecule has 1 aromatic carbocycles. The van der Waals surface area contributed by atoms with Crippen molar-refractivity contribution in [1.29, 1.82) is 0 Å². The van der Waals surface area contributed by atoms with Crippen LogP contribution in [0.2, 0.25) is 0 Å². The molecule has 5 nitrogen and oxygen atoms in total. The predicted octanol–water partition coefficient (Wildman–Crippen LogP) is 2.55. The molecule has 0 saturated carbocycles. The Hall–Kier alpha value is -2.25. The Morgan fingerprint density at radius 3 is 2.70 bits per heavy atom. The van der Waals surface area contributed by atoms with Gasteiger partial charge in [-0.3, -0.25) is 4.57 Å². The molecule has 2 rings (SSSR count). The fraction of sp³-hybridized carbons (Fsp3) is 0.333. The molecule has 0 unspecified atom stereocenters. The molecule has 1 heterocycles. The number of halogens is 3. The highest BCUT2D eigenvalue weighted by molar-refractivity contribution is 5.64. The van der Waals surface area contributed by atoms with Crippen LogP contribution in [0.1, 0.15) is 13.3 Å². The highest BCUT2D eigenvalue weighted by atomic mass is 19.4. The quantitative estimate of drug-likeness (QED) is 0.940. The third kappa shape index (κ3) is 3.01. The molecule has 20 heavy (non-hydrogen) atoms.